The first-order valence-electron chi connectivity index (χ1n) is 8.48. The van der Waals surface area contributed by atoms with E-state index in [1.165, 1.54) is 0 Å². The molecular weight excluding hydrogens is 316 g/mol. The highest BCUT2D eigenvalue weighted by atomic mass is 16.5. The van der Waals surface area contributed by atoms with Crippen LogP contribution in [0.1, 0.15) is 23.8 Å². The van der Waals surface area contributed by atoms with Crippen LogP contribution < -0.4 is 15.4 Å². The number of rotatable bonds is 9. The molecule has 6 nitrogen and oxygen atoms in total. The molecule has 0 radical (unpaired) electrons. The van der Waals surface area contributed by atoms with E-state index in [9.17, 15) is 4.79 Å². The summed E-state index contributed by atoms with van der Waals surface area (Å²) < 4.78 is 5.53. The Bertz CT molecular complexity index is 689. The average Bonchev–Trinajstić information content (AvgIpc) is 2.61. The lowest BCUT2D eigenvalue weighted by molar-refractivity contribution is 0.102. The first-order chi connectivity index (χ1) is 12.1. The molecule has 0 bridgehead atoms. The van der Waals surface area contributed by atoms with Crippen molar-refractivity contribution in [2.24, 2.45) is 0 Å². The number of anilines is 2. The molecule has 134 valence electrons. The van der Waals surface area contributed by atoms with E-state index in [4.69, 9.17) is 4.74 Å². The fourth-order valence-electron chi connectivity index (χ4n) is 2.33. The van der Waals surface area contributed by atoms with Crippen LogP contribution in [0.5, 0.6) is 5.75 Å². The van der Waals surface area contributed by atoms with Gasteiger partial charge in [-0.2, -0.15) is 0 Å². The van der Waals surface area contributed by atoms with E-state index in [0.29, 0.717) is 23.7 Å². The highest BCUT2D eigenvalue weighted by molar-refractivity contribution is 6.04. The maximum absolute atomic E-state index is 12.5. The number of benzene rings is 1. The summed E-state index contributed by atoms with van der Waals surface area (Å²) in [6.07, 6.45) is 2.66. The van der Waals surface area contributed by atoms with E-state index in [1.54, 1.807) is 12.3 Å². The van der Waals surface area contributed by atoms with Crippen molar-refractivity contribution in [3.63, 3.8) is 0 Å². The van der Waals surface area contributed by atoms with Crippen LogP contribution in [0, 0.1) is 0 Å². The van der Waals surface area contributed by atoms with E-state index >= 15 is 0 Å². The lowest BCUT2D eigenvalue weighted by Gasteiger charge is -2.12. The third kappa shape index (κ3) is 6.08. The molecule has 0 saturated heterocycles. The molecule has 0 atom stereocenters. The molecular formula is C19H26N4O2. The zero-order valence-electron chi connectivity index (χ0n) is 15.1. The van der Waals surface area contributed by atoms with E-state index in [-0.39, 0.29) is 5.91 Å². The monoisotopic (exact) mass is 342 g/mol. The van der Waals surface area contributed by atoms with Gasteiger partial charge in [-0.1, -0.05) is 12.1 Å². The summed E-state index contributed by atoms with van der Waals surface area (Å²) >= 11 is 0. The normalized spacial score (nSPS) is 10.6. The zero-order valence-corrected chi connectivity index (χ0v) is 15.1. The zero-order chi connectivity index (χ0) is 18.1. The van der Waals surface area contributed by atoms with Gasteiger partial charge in [-0.15, -0.1) is 0 Å². The molecule has 6 heteroatoms. The van der Waals surface area contributed by atoms with Crippen molar-refractivity contribution in [1.82, 2.24) is 9.88 Å². The van der Waals surface area contributed by atoms with Gasteiger partial charge in [0.25, 0.3) is 5.91 Å². The molecule has 25 heavy (non-hydrogen) atoms. The van der Waals surface area contributed by atoms with Crippen molar-refractivity contribution >= 4 is 17.3 Å². The van der Waals surface area contributed by atoms with Gasteiger partial charge in [-0.3, -0.25) is 9.78 Å². The van der Waals surface area contributed by atoms with Gasteiger partial charge < -0.3 is 20.3 Å². The largest absolute Gasteiger partial charge is 0.492 e. The summed E-state index contributed by atoms with van der Waals surface area (Å²) in [5, 5.41) is 6.18. The summed E-state index contributed by atoms with van der Waals surface area (Å²) in [4.78, 5) is 18.8. The minimum atomic E-state index is -0.260. The molecule has 0 spiro atoms. The molecule has 0 fully saturated rings. The molecule has 1 aromatic carbocycles. The van der Waals surface area contributed by atoms with Crippen LogP contribution in [0.2, 0.25) is 0 Å². The molecule has 2 aromatic rings. The molecule has 0 aliphatic carbocycles. The Morgan fingerprint density at radius 3 is 2.80 bits per heavy atom. The summed E-state index contributed by atoms with van der Waals surface area (Å²) in [5.74, 6) is 0.389. The molecule has 2 rings (SSSR count). The van der Waals surface area contributed by atoms with Crippen LogP contribution in [0.4, 0.5) is 11.4 Å². The van der Waals surface area contributed by atoms with Crippen LogP contribution in [-0.4, -0.2) is 49.6 Å². The van der Waals surface area contributed by atoms with Crippen molar-refractivity contribution < 1.29 is 9.53 Å². The molecule has 2 N–H and O–H groups in total. The van der Waals surface area contributed by atoms with E-state index in [1.807, 2.05) is 37.3 Å². The number of nitrogens with one attached hydrogen (secondary N) is 2. The Morgan fingerprint density at radius 1 is 1.24 bits per heavy atom. The number of carbonyl (C=O) groups excluding carboxylic acids is 1. The predicted octanol–water partition coefficient (Wildman–Crippen LogP) is 3.10. The van der Waals surface area contributed by atoms with Crippen molar-refractivity contribution in [2.45, 2.75) is 13.3 Å². The molecule has 1 aromatic heterocycles. The standard InChI is InChI=1S/C19H26N4O2/c1-4-25-18-9-6-5-8-16(18)22-19(24)17-14-15(10-12-21-17)20-11-7-13-23(2)3/h5-6,8-10,12,14H,4,7,11,13H2,1-3H3,(H,20,21)(H,22,24). The highest BCUT2D eigenvalue weighted by Gasteiger charge is 2.11. The van der Waals surface area contributed by atoms with Gasteiger partial charge >= 0.3 is 0 Å². The van der Waals surface area contributed by atoms with Gasteiger partial charge in [0.05, 0.1) is 12.3 Å². The number of aromatic nitrogens is 1. The quantitative estimate of drug-likeness (QED) is 0.686. The number of nitrogens with zero attached hydrogens (tertiary/aromatic N) is 2. The highest BCUT2D eigenvalue weighted by Crippen LogP contribution is 2.24. The first-order valence-corrected chi connectivity index (χ1v) is 8.48. The lowest BCUT2D eigenvalue weighted by atomic mass is 10.2. The van der Waals surface area contributed by atoms with E-state index < -0.39 is 0 Å². The fourth-order valence-corrected chi connectivity index (χ4v) is 2.33. The number of amides is 1. The first kappa shape index (κ1) is 18.7. The van der Waals surface area contributed by atoms with Crippen LogP contribution in [0.3, 0.4) is 0 Å². The second kappa shape index (κ2) is 9.64. The number of carbonyl (C=O) groups is 1. The average molecular weight is 342 g/mol. The molecule has 0 saturated carbocycles. The molecule has 0 unspecified atom stereocenters. The number of pyridine rings is 1. The molecule has 0 aliphatic heterocycles. The lowest BCUT2D eigenvalue weighted by Crippen LogP contribution is -2.17. The Balaban J connectivity index is 1.99. The van der Waals surface area contributed by atoms with E-state index in [0.717, 1.165) is 25.2 Å². The van der Waals surface area contributed by atoms with Crippen LogP contribution in [0.25, 0.3) is 0 Å². The van der Waals surface area contributed by atoms with Gasteiger partial charge in [-0.25, -0.2) is 0 Å². The smallest absolute Gasteiger partial charge is 0.274 e. The molecule has 1 heterocycles. The van der Waals surface area contributed by atoms with Crippen molar-refractivity contribution in [3.05, 3.63) is 48.3 Å². The Morgan fingerprint density at radius 2 is 2.04 bits per heavy atom. The number of hydrogen-bond donors (Lipinski definition) is 2. The summed E-state index contributed by atoms with van der Waals surface area (Å²) in [6.45, 7) is 4.30. The fraction of sp³-hybridized carbons (Fsp3) is 0.368. The van der Waals surface area contributed by atoms with Gasteiger partial charge in [0.2, 0.25) is 0 Å². The van der Waals surface area contributed by atoms with Crippen molar-refractivity contribution in [2.75, 3.05) is 44.4 Å². The topological polar surface area (TPSA) is 66.5 Å². The SMILES string of the molecule is CCOc1ccccc1NC(=O)c1cc(NCCCN(C)C)ccn1. The maximum atomic E-state index is 12.5. The number of para-hydroxylation sites is 2. The minimum Gasteiger partial charge on any atom is -0.492 e. The third-order valence-corrected chi connectivity index (χ3v) is 3.54. The van der Waals surface area contributed by atoms with Gasteiger partial charge in [-0.05, 0) is 58.3 Å². The summed E-state index contributed by atoms with van der Waals surface area (Å²) in [7, 11) is 4.10. The van der Waals surface area contributed by atoms with E-state index in [2.05, 4.69) is 34.6 Å². The van der Waals surface area contributed by atoms with Crippen LogP contribution in [0.15, 0.2) is 42.6 Å². The maximum Gasteiger partial charge on any atom is 0.274 e. The molecule has 0 aliphatic rings. The summed E-state index contributed by atoms with van der Waals surface area (Å²) in [5.41, 5.74) is 1.89. The predicted molar refractivity (Wildman–Crippen MR) is 101 cm³/mol. The van der Waals surface area contributed by atoms with Crippen LogP contribution >= 0.6 is 0 Å². The van der Waals surface area contributed by atoms with Crippen molar-refractivity contribution in [1.29, 1.82) is 0 Å². The number of ether oxygens (including phenoxy) is 1. The Kier molecular flexibility index (Phi) is 7.22. The Labute approximate surface area is 149 Å². The summed E-state index contributed by atoms with van der Waals surface area (Å²) in [6, 6.07) is 11.0. The van der Waals surface area contributed by atoms with Crippen molar-refractivity contribution in [3.8, 4) is 5.75 Å². The third-order valence-electron chi connectivity index (χ3n) is 3.54. The van der Waals surface area contributed by atoms with Gasteiger partial charge in [0, 0.05) is 18.4 Å². The second-order valence-electron chi connectivity index (χ2n) is 5.90. The minimum absolute atomic E-state index is 0.260. The second-order valence-corrected chi connectivity index (χ2v) is 5.90. The number of hydrogen-bond acceptors (Lipinski definition) is 5. The van der Waals surface area contributed by atoms with Gasteiger partial charge in [0.15, 0.2) is 0 Å². The van der Waals surface area contributed by atoms with Gasteiger partial charge in [0.1, 0.15) is 11.4 Å². The molecule has 1 amide bonds. The van der Waals surface area contributed by atoms with Crippen LogP contribution in [-0.2, 0) is 0 Å². The Hall–Kier alpha value is -2.60.